The van der Waals surface area contributed by atoms with Crippen LogP contribution >= 0.6 is 0 Å². The van der Waals surface area contributed by atoms with Crippen LogP contribution in [0.15, 0.2) is 47.4 Å². The van der Waals surface area contributed by atoms with E-state index in [1.165, 1.54) is 38.5 Å². The molecule has 0 bridgehead atoms. The highest BCUT2D eigenvalue weighted by Crippen LogP contribution is 2.28. The molecule has 2 aromatic rings. The van der Waals surface area contributed by atoms with Crippen molar-refractivity contribution in [1.29, 1.82) is 0 Å². The highest BCUT2D eigenvalue weighted by Gasteiger charge is 2.23. The largest absolute Gasteiger partial charge is 0.497 e. The van der Waals surface area contributed by atoms with Crippen LogP contribution in [0, 0.1) is 5.82 Å². The van der Waals surface area contributed by atoms with Crippen LogP contribution < -0.4 is 14.2 Å². The number of hydrogen-bond donors (Lipinski definition) is 1. The van der Waals surface area contributed by atoms with E-state index in [1.54, 1.807) is 32.3 Å². The van der Waals surface area contributed by atoms with Crippen molar-refractivity contribution in [2.45, 2.75) is 10.9 Å². The van der Waals surface area contributed by atoms with E-state index in [0.717, 1.165) is 0 Å². The molecule has 0 saturated carbocycles. The van der Waals surface area contributed by atoms with E-state index in [-0.39, 0.29) is 29.0 Å². The van der Waals surface area contributed by atoms with E-state index >= 15 is 0 Å². The molecule has 0 heterocycles. The molecule has 0 saturated heterocycles. The maximum Gasteiger partial charge on any atom is 0.244 e. The maximum atomic E-state index is 13.5. The Labute approximate surface area is 153 Å². The molecule has 6 nitrogen and oxygen atoms in total. The molecule has 0 spiro atoms. The molecular formula is C18H23FN2O4S. The summed E-state index contributed by atoms with van der Waals surface area (Å²) < 4.78 is 51.9. The van der Waals surface area contributed by atoms with E-state index in [2.05, 4.69) is 4.72 Å². The van der Waals surface area contributed by atoms with E-state index in [9.17, 15) is 12.8 Å². The van der Waals surface area contributed by atoms with Gasteiger partial charge >= 0.3 is 0 Å². The number of hydrogen-bond acceptors (Lipinski definition) is 5. The van der Waals surface area contributed by atoms with Gasteiger partial charge in [0.05, 0.1) is 14.2 Å². The molecule has 2 rings (SSSR count). The molecule has 0 aliphatic rings. The standard InChI is InChI=1S/C18H23FN2O4S/c1-21(2)16(13-6-5-7-14(19)10-13)12-20-26(22,23)18-11-15(24-3)8-9-17(18)25-4/h5-11,16,20H,12H2,1-4H3. The average molecular weight is 382 g/mol. The quantitative estimate of drug-likeness (QED) is 0.760. The van der Waals surface area contributed by atoms with Crippen LogP contribution in [0.1, 0.15) is 11.6 Å². The lowest BCUT2D eigenvalue weighted by Crippen LogP contribution is -2.34. The predicted octanol–water partition coefficient (Wildman–Crippen LogP) is 2.42. The van der Waals surface area contributed by atoms with Gasteiger partial charge in [-0.15, -0.1) is 0 Å². The second-order valence-corrected chi connectivity index (χ2v) is 7.64. The summed E-state index contributed by atoms with van der Waals surface area (Å²) in [5, 5.41) is 0. The molecule has 0 aliphatic carbocycles. The van der Waals surface area contributed by atoms with Gasteiger partial charge in [-0.25, -0.2) is 17.5 Å². The smallest absolute Gasteiger partial charge is 0.244 e. The summed E-state index contributed by atoms with van der Waals surface area (Å²) in [4.78, 5) is 1.80. The SMILES string of the molecule is COc1ccc(OC)c(S(=O)(=O)NCC(c2cccc(F)c2)N(C)C)c1. The number of halogens is 1. The second kappa shape index (κ2) is 8.48. The number of nitrogens with one attached hydrogen (secondary N) is 1. The van der Waals surface area contributed by atoms with Gasteiger partial charge < -0.3 is 14.4 Å². The van der Waals surface area contributed by atoms with Crippen molar-refractivity contribution in [1.82, 2.24) is 9.62 Å². The first-order valence-corrected chi connectivity index (χ1v) is 9.40. The Morgan fingerprint density at radius 3 is 2.42 bits per heavy atom. The van der Waals surface area contributed by atoms with E-state index in [0.29, 0.717) is 11.3 Å². The number of likely N-dealkylation sites (N-methyl/N-ethyl adjacent to an activating group) is 1. The van der Waals surface area contributed by atoms with Gasteiger partial charge in [-0.3, -0.25) is 0 Å². The van der Waals surface area contributed by atoms with Crippen LogP contribution in [0.2, 0.25) is 0 Å². The number of sulfonamides is 1. The molecule has 2 aromatic carbocycles. The van der Waals surface area contributed by atoms with E-state index in [1.807, 2.05) is 4.90 Å². The number of nitrogens with zero attached hydrogens (tertiary/aromatic N) is 1. The van der Waals surface area contributed by atoms with Crippen LogP contribution in [0.4, 0.5) is 4.39 Å². The monoisotopic (exact) mass is 382 g/mol. The van der Waals surface area contributed by atoms with E-state index < -0.39 is 10.0 Å². The first-order chi connectivity index (χ1) is 12.3. The van der Waals surface area contributed by atoms with Crippen molar-refractivity contribution in [3.63, 3.8) is 0 Å². The molecule has 0 aromatic heterocycles. The Balaban J connectivity index is 2.28. The average Bonchev–Trinajstić information content (AvgIpc) is 2.61. The van der Waals surface area contributed by atoms with Gasteiger partial charge in [-0.2, -0.15) is 0 Å². The summed E-state index contributed by atoms with van der Waals surface area (Å²) in [6.45, 7) is 0.0686. The molecule has 0 fully saturated rings. The Kier molecular flexibility index (Phi) is 6.57. The zero-order chi connectivity index (χ0) is 19.3. The van der Waals surface area contributed by atoms with Crippen LogP contribution in [-0.2, 0) is 10.0 Å². The van der Waals surface area contributed by atoms with Gasteiger partial charge in [-0.05, 0) is 43.9 Å². The summed E-state index contributed by atoms with van der Waals surface area (Å²) in [6, 6.07) is 10.3. The lowest BCUT2D eigenvalue weighted by molar-refractivity contribution is 0.298. The molecule has 1 N–H and O–H groups in total. The van der Waals surface area contributed by atoms with Crippen LogP contribution in [0.5, 0.6) is 11.5 Å². The summed E-state index contributed by atoms with van der Waals surface area (Å²) in [7, 11) is 2.60. The molecule has 1 unspecified atom stereocenters. The summed E-state index contributed by atoms with van der Waals surface area (Å²) in [5.41, 5.74) is 0.676. The Morgan fingerprint density at radius 1 is 1.12 bits per heavy atom. The lowest BCUT2D eigenvalue weighted by atomic mass is 10.1. The highest BCUT2D eigenvalue weighted by atomic mass is 32.2. The van der Waals surface area contributed by atoms with E-state index in [4.69, 9.17) is 9.47 Å². The number of methoxy groups -OCH3 is 2. The number of benzene rings is 2. The molecule has 0 radical (unpaired) electrons. The van der Waals surface area contributed by atoms with Gasteiger partial charge in [0.1, 0.15) is 22.2 Å². The fourth-order valence-electron chi connectivity index (χ4n) is 2.57. The van der Waals surface area contributed by atoms with Gasteiger partial charge in [0.15, 0.2) is 0 Å². The molecule has 26 heavy (non-hydrogen) atoms. The molecule has 8 heteroatoms. The third-order valence-corrected chi connectivity index (χ3v) is 5.43. The van der Waals surface area contributed by atoms with Crippen LogP contribution in [0.3, 0.4) is 0 Å². The Morgan fingerprint density at radius 2 is 1.85 bits per heavy atom. The van der Waals surface area contributed by atoms with Crippen molar-refractivity contribution in [3.05, 3.63) is 53.8 Å². The first kappa shape index (κ1) is 20.2. The minimum absolute atomic E-state index is 0.0175. The van der Waals surface area contributed by atoms with Gasteiger partial charge in [-0.1, -0.05) is 12.1 Å². The van der Waals surface area contributed by atoms with Crippen molar-refractivity contribution in [2.24, 2.45) is 0 Å². The van der Waals surface area contributed by atoms with Gasteiger partial charge in [0.25, 0.3) is 0 Å². The Bertz CT molecular complexity index is 856. The maximum absolute atomic E-state index is 13.5. The topological polar surface area (TPSA) is 67.9 Å². The molecular weight excluding hydrogens is 359 g/mol. The van der Waals surface area contributed by atoms with Crippen molar-refractivity contribution >= 4 is 10.0 Å². The summed E-state index contributed by atoms with van der Waals surface area (Å²) >= 11 is 0. The zero-order valence-electron chi connectivity index (χ0n) is 15.2. The molecule has 1 atom stereocenters. The lowest BCUT2D eigenvalue weighted by Gasteiger charge is -2.25. The van der Waals surface area contributed by atoms with Crippen LogP contribution in [0.25, 0.3) is 0 Å². The van der Waals surface area contributed by atoms with Crippen molar-refractivity contribution in [3.8, 4) is 11.5 Å². The number of ether oxygens (including phenoxy) is 2. The zero-order valence-corrected chi connectivity index (χ0v) is 16.0. The van der Waals surface area contributed by atoms with Gasteiger partial charge in [0, 0.05) is 18.7 Å². The third kappa shape index (κ3) is 4.72. The van der Waals surface area contributed by atoms with Crippen molar-refractivity contribution < 1.29 is 22.3 Å². The van der Waals surface area contributed by atoms with Gasteiger partial charge in [0.2, 0.25) is 10.0 Å². The first-order valence-electron chi connectivity index (χ1n) is 7.92. The third-order valence-electron chi connectivity index (χ3n) is 3.98. The normalized spacial score (nSPS) is 12.8. The van der Waals surface area contributed by atoms with Crippen molar-refractivity contribution in [2.75, 3.05) is 34.9 Å². The predicted molar refractivity (Wildman–Crippen MR) is 97.6 cm³/mol. The minimum Gasteiger partial charge on any atom is -0.497 e. The molecule has 142 valence electrons. The Hall–Kier alpha value is -2.16. The fourth-order valence-corrected chi connectivity index (χ4v) is 3.79. The minimum atomic E-state index is -3.86. The summed E-state index contributed by atoms with van der Waals surface area (Å²) in [5.74, 6) is 0.248. The molecule has 0 amide bonds. The molecule has 0 aliphatic heterocycles. The second-order valence-electron chi connectivity index (χ2n) is 5.90. The number of rotatable bonds is 8. The fraction of sp³-hybridized carbons (Fsp3) is 0.333. The van der Waals surface area contributed by atoms with Crippen LogP contribution in [-0.4, -0.2) is 48.2 Å². The summed E-state index contributed by atoms with van der Waals surface area (Å²) in [6.07, 6.45) is 0. The highest BCUT2D eigenvalue weighted by molar-refractivity contribution is 7.89.